The zero-order valence-electron chi connectivity index (χ0n) is 14.4. The smallest absolute Gasteiger partial charge is 0.665 e. The van der Waals surface area contributed by atoms with E-state index < -0.39 is 7.60 Å². The molecule has 0 aliphatic carbocycles. The predicted molar refractivity (Wildman–Crippen MR) is 91.4 cm³/mol. The van der Waals surface area contributed by atoms with Crippen LogP contribution in [0, 0.1) is 0 Å². The largest absolute Gasteiger partial charge is 3.00 e. The zero-order valence-corrected chi connectivity index (χ0v) is 16.5. The molecule has 1 aliphatic rings. The van der Waals surface area contributed by atoms with Crippen LogP contribution < -0.4 is 0 Å². The fourth-order valence-corrected chi connectivity index (χ4v) is 3.85. The van der Waals surface area contributed by atoms with Crippen molar-refractivity contribution in [2.45, 2.75) is 13.8 Å². The Morgan fingerprint density at radius 1 is 0.870 bits per heavy atom. The second-order valence-corrected chi connectivity index (χ2v) is 7.21. The van der Waals surface area contributed by atoms with Crippen LogP contribution in [-0.2, 0) is 31.0 Å². The molecule has 0 aromatic rings. The number of rotatable bonds is 7. The fraction of sp³-hybridized carbons (Fsp3) is 1.00. The standard InChI is InChI=1S/C14H30N4O3P.Cr/c1-3-20-22(19,21-4-2)14-13-18-11-9-16-7-5-15-6-8-17-10-12-18;/h3-14H2,1-2H3;/q-3;+3. The van der Waals surface area contributed by atoms with Crippen LogP contribution in [0.1, 0.15) is 13.8 Å². The summed E-state index contributed by atoms with van der Waals surface area (Å²) in [5.74, 6) is 0. The molecule has 7 nitrogen and oxygen atoms in total. The van der Waals surface area contributed by atoms with Crippen LogP contribution in [0.25, 0.3) is 16.0 Å². The number of hydrogen-bond donors (Lipinski definition) is 0. The van der Waals surface area contributed by atoms with Gasteiger partial charge >= 0.3 is 25.0 Å². The van der Waals surface area contributed by atoms with Crippen molar-refractivity contribution in [2.24, 2.45) is 0 Å². The molecule has 135 valence electrons. The molecule has 0 bridgehead atoms. The summed E-state index contributed by atoms with van der Waals surface area (Å²) in [5, 5.41) is 13.3. The first kappa shape index (κ1) is 23.5. The van der Waals surface area contributed by atoms with Crippen LogP contribution in [-0.4, -0.2) is 83.2 Å². The van der Waals surface area contributed by atoms with Gasteiger partial charge in [0.1, 0.15) is 0 Å². The van der Waals surface area contributed by atoms with Crippen molar-refractivity contribution in [1.29, 1.82) is 0 Å². The molecule has 23 heavy (non-hydrogen) atoms. The molecule has 0 amide bonds. The summed E-state index contributed by atoms with van der Waals surface area (Å²) in [4.78, 5) is 2.25. The summed E-state index contributed by atoms with van der Waals surface area (Å²) in [5.41, 5.74) is 0. The van der Waals surface area contributed by atoms with Gasteiger partial charge in [-0.3, -0.25) is 4.57 Å². The van der Waals surface area contributed by atoms with Crippen molar-refractivity contribution in [1.82, 2.24) is 4.90 Å². The van der Waals surface area contributed by atoms with Crippen LogP contribution in [0.2, 0.25) is 0 Å². The van der Waals surface area contributed by atoms with Gasteiger partial charge in [-0.15, -0.1) is 13.1 Å². The van der Waals surface area contributed by atoms with Crippen LogP contribution >= 0.6 is 7.60 Å². The Morgan fingerprint density at radius 2 is 1.30 bits per heavy atom. The van der Waals surface area contributed by atoms with Gasteiger partial charge in [0, 0.05) is 6.54 Å². The third-order valence-corrected chi connectivity index (χ3v) is 5.37. The maximum Gasteiger partial charge on any atom is 3.00 e. The SMILES string of the molecule is CCOP(=O)(CCN1CC[N-]CC[N-]CC[N-]CC1)OCC.[Cr+3]. The molecule has 0 spiro atoms. The molecular formula is C14H30CrN4O3P. The summed E-state index contributed by atoms with van der Waals surface area (Å²) >= 11 is 0. The summed E-state index contributed by atoms with van der Waals surface area (Å²) in [7, 11) is -2.96. The summed E-state index contributed by atoms with van der Waals surface area (Å²) in [6, 6.07) is 0. The molecule has 9 heteroatoms. The van der Waals surface area contributed by atoms with Crippen LogP contribution in [0.5, 0.6) is 0 Å². The van der Waals surface area contributed by atoms with Crippen LogP contribution in [0.15, 0.2) is 0 Å². The van der Waals surface area contributed by atoms with Crippen LogP contribution in [0.3, 0.4) is 0 Å². The molecule has 1 heterocycles. The van der Waals surface area contributed by atoms with Gasteiger partial charge in [-0.1, -0.05) is 0 Å². The maximum atomic E-state index is 12.5. The van der Waals surface area contributed by atoms with E-state index in [0.717, 1.165) is 52.4 Å². The van der Waals surface area contributed by atoms with Crippen molar-refractivity contribution in [3.63, 3.8) is 0 Å². The molecule has 1 aliphatic heterocycles. The second kappa shape index (κ2) is 14.8. The quantitative estimate of drug-likeness (QED) is 0.631. The van der Waals surface area contributed by atoms with E-state index >= 15 is 0 Å². The van der Waals surface area contributed by atoms with E-state index in [-0.39, 0.29) is 17.4 Å². The first-order valence-corrected chi connectivity index (χ1v) is 9.93. The van der Waals surface area contributed by atoms with Gasteiger partial charge in [-0.25, -0.2) is 0 Å². The first-order chi connectivity index (χ1) is 10.7. The average molecular weight is 385 g/mol. The van der Waals surface area contributed by atoms with Gasteiger partial charge in [0.05, 0.1) is 19.4 Å². The molecule has 0 aromatic carbocycles. The van der Waals surface area contributed by atoms with Crippen molar-refractivity contribution in [3.05, 3.63) is 16.0 Å². The average Bonchev–Trinajstić information content (AvgIpc) is 2.47. The summed E-state index contributed by atoms with van der Waals surface area (Å²) < 4.78 is 23.2. The van der Waals surface area contributed by atoms with Gasteiger partial charge in [0.2, 0.25) is 0 Å². The van der Waals surface area contributed by atoms with E-state index in [1.54, 1.807) is 0 Å². The number of nitrogens with zero attached hydrogens (tertiary/aromatic N) is 4. The van der Waals surface area contributed by atoms with E-state index in [2.05, 4.69) is 20.9 Å². The molecule has 1 rings (SSSR count). The third kappa shape index (κ3) is 11.7. The van der Waals surface area contributed by atoms with Gasteiger partial charge in [-0.05, 0) is 26.9 Å². The number of hydrogen-bond acceptors (Lipinski definition) is 4. The predicted octanol–water partition coefficient (Wildman–Crippen LogP) is 2.69. The summed E-state index contributed by atoms with van der Waals surface area (Å²) in [6.45, 7) is 11.6. The van der Waals surface area contributed by atoms with E-state index in [1.807, 2.05) is 13.8 Å². The molecule has 0 saturated carbocycles. The monoisotopic (exact) mass is 385 g/mol. The minimum atomic E-state index is -2.96. The molecule has 1 radical (unpaired) electrons. The maximum absolute atomic E-state index is 12.5. The topological polar surface area (TPSA) is 81.1 Å². The molecule has 1 saturated heterocycles. The molecule has 1 fully saturated rings. The van der Waals surface area contributed by atoms with Crippen molar-refractivity contribution in [3.8, 4) is 0 Å². The van der Waals surface area contributed by atoms with Crippen molar-refractivity contribution >= 4 is 7.60 Å². The van der Waals surface area contributed by atoms with E-state index in [1.165, 1.54) is 0 Å². The fourth-order valence-electron chi connectivity index (χ4n) is 2.20. The Kier molecular flexibility index (Phi) is 15.2. The van der Waals surface area contributed by atoms with Gasteiger partial charge in [0.25, 0.3) is 0 Å². The van der Waals surface area contributed by atoms with E-state index in [9.17, 15) is 4.57 Å². The third-order valence-electron chi connectivity index (χ3n) is 3.32. The molecule has 0 N–H and O–H groups in total. The molecule has 0 atom stereocenters. The van der Waals surface area contributed by atoms with Gasteiger partial charge in [0.15, 0.2) is 0 Å². The minimum absolute atomic E-state index is 0. The molecule has 0 aromatic heterocycles. The van der Waals surface area contributed by atoms with Crippen molar-refractivity contribution in [2.75, 3.05) is 78.3 Å². The Balaban J connectivity index is 0.00000484. The van der Waals surface area contributed by atoms with E-state index in [4.69, 9.17) is 9.05 Å². The Morgan fingerprint density at radius 3 is 1.74 bits per heavy atom. The normalized spacial score (nSPS) is 19.4. The molecular weight excluding hydrogens is 355 g/mol. The zero-order chi connectivity index (χ0) is 16.1. The van der Waals surface area contributed by atoms with E-state index in [0.29, 0.717) is 25.9 Å². The summed E-state index contributed by atoms with van der Waals surface area (Å²) in [6.07, 6.45) is 0.421. The Bertz CT molecular complexity index is 304. The Hall–Kier alpha value is 0.522. The van der Waals surface area contributed by atoms with Gasteiger partial charge < -0.3 is 29.9 Å². The van der Waals surface area contributed by atoms with Crippen LogP contribution in [0.4, 0.5) is 0 Å². The molecule has 0 unspecified atom stereocenters. The first-order valence-electron chi connectivity index (χ1n) is 8.20. The van der Waals surface area contributed by atoms with Crippen molar-refractivity contribution < 1.29 is 31.0 Å². The second-order valence-electron chi connectivity index (χ2n) is 5.02. The minimum Gasteiger partial charge on any atom is -0.665 e. The van der Waals surface area contributed by atoms with Gasteiger partial charge in [-0.2, -0.15) is 26.2 Å². The Labute approximate surface area is 151 Å².